The Bertz CT molecular complexity index is 142. The van der Waals surface area contributed by atoms with Crippen molar-refractivity contribution in [3.63, 3.8) is 0 Å². The standard InChI is InChI=1S/C7H8.2O.Zr/c1-7-5-3-2-4-6-7;;;/h2-6H,1H3;;;/q;2*-2;+4. The van der Waals surface area contributed by atoms with E-state index in [1.165, 1.54) is 5.56 Å². The Morgan fingerprint density at radius 3 is 1.50 bits per heavy atom. The number of aryl methyl sites for hydroxylation is 1. The summed E-state index contributed by atoms with van der Waals surface area (Å²) in [6.07, 6.45) is 0. The summed E-state index contributed by atoms with van der Waals surface area (Å²) >= 11 is 0. The summed E-state index contributed by atoms with van der Waals surface area (Å²) in [5, 5.41) is 0. The molecule has 0 saturated heterocycles. The Hall–Kier alpha value is 0.0231. The van der Waals surface area contributed by atoms with Crippen molar-refractivity contribution in [3.05, 3.63) is 35.9 Å². The molecule has 0 spiro atoms. The minimum Gasteiger partial charge on any atom is -2.00 e. The third-order valence-corrected chi connectivity index (χ3v) is 0.940. The van der Waals surface area contributed by atoms with Crippen LogP contribution >= 0.6 is 0 Å². The Kier molecular flexibility index (Phi) is 14.9. The van der Waals surface area contributed by atoms with Crippen LogP contribution in [0.25, 0.3) is 0 Å². The van der Waals surface area contributed by atoms with Crippen LogP contribution in [-0.2, 0) is 37.2 Å². The summed E-state index contributed by atoms with van der Waals surface area (Å²) in [6.45, 7) is 2.08. The predicted octanol–water partition coefficient (Wildman–Crippen LogP) is 1.75. The molecule has 0 aliphatic heterocycles. The first kappa shape index (κ1) is 16.5. The summed E-state index contributed by atoms with van der Waals surface area (Å²) in [6, 6.07) is 10.3. The maximum absolute atomic E-state index is 2.08. The fourth-order valence-electron chi connectivity index (χ4n) is 0.534. The van der Waals surface area contributed by atoms with E-state index >= 15 is 0 Å². The van der Waals surface area contributed by atoms with Gasteiger partial charge in [-0.1, -0.05) is 35.9 Å². The topological polar surface area (TPSA) is 57.0 Å². The largest absolute Gasteiger partial charge is 4.00 e. The molecule has 3 heteroatoms. The summed E-state index contributed by atoms with van der Waals surface area (Å²) in [5.74, 6) is 0. The van der Waals surface area contributed by atoms with Gasteiger partial charge >= 0.3 is 26.2 Å². The van der Waals surface area contributed by atoms with Crippen LogP contribution in [0.2, 0.25) is 0 Å². The Balaban J connectivity index is -0.000000163. The van der Waals surface area contributed by atoms with Crippen molar-refractivity contribution in [2.45, 2.75) is 6.92 Å². The van der Waals surface area contributed by atoms with Crippen LogP contribution in [-0.4, -0.2) is 0 Å². The summed E-state index contributed by atoms with van der Waals surface area (Å²) in [4.78, 5) is 0. The van der Waals surface area contributed by atoms with E-state index in [0.717, 1.165) is 0 Å². The van der Waals surface area contributed by atoms with E-state index in [1.54, 1.807) is 0 Å². The average molecular weight is 215 g/mol. The van der Waals surface area contributed by atoms with Gasteiger partial charge in [-0.25, -0.2) is 0 Å². The molecular formula is C7H8O2Zr. The normalized spacial score (nSPS) is 6.10. The zero-order chi connectivity index (χ0) is 5.11. The molecule has 10 heavy (non-hydrogen) atoms. The molecule has 52 valence electrons. The molecule has 0 amide bonds. The van der Waals surface area contributed by atoms with Gasteiger partial charge in [0.2, 0.25) is 0 Å². The first-order valence-corrected chi connectivity index (χ1v) is 2.41. The summed E-state index contributed by atoms with van der Waals surface area (Å²) in [5.41, 5.74) is 1.32. The van der Waals surface area contributed by atoms with Gasteiger partial charge in [0.25, 0.3) is 0 Å². The van der Waals surface area contributed by atoms with Gasteiger partial charge < -0.3 is 11.0 Å². The molecule has 1 aromatic carbocycles. The molecule has 0 aliphatic carbocycles. The second-order valence-corrected chi connectivity index (χ2v) is 1.65. The molecule has 0 saturated carbocycles. The van der Waals surface area contributed by atoms with E-state index in [2.05, 4.69) is 19.1 Å². The monoisotopic (exact) mass is 214 g/mol. The van der Waals surface area contributed by atoms with E-state index in [4.69, 9.17) is 0 Å². The van der Waals surface area contributed by atoms with Gasteiger partial charge in [-0.15, -0.1) is 0 Å². The number of hydrogen-bond donors (Lipinski definition) is 0. The van der Waals surface area contributed by atoms with Gasteiger partial charge in [0.05, 0.1) is 0 Å². The zero-order valence-electron chi connectivity index (χ0n) is 5.70. The van der Waals surface area contributed by atoms with Crippen molar-refractivity contribution < 1.29 is 37.2 Å². The molecule has 1 aromatic rings. The number of hydrogen-bond acceptors (Lipinski definition) is 0. The maximum atomic E-state index is 2.08. The minimum atomic E-state index is 0. The van der Waals surface area contributed by atoms with Crippen molar-refractivity contribution in [3.8, 4) is 0 Å². The van der Waals surface area contributed by atoms with Crippen LogP contribution in [0.4, 0.5) is 0 Å². The van der Waals surface area contributed by atoms with Crippen molar-refractivity contribution in [2.75, 3.05) is 0 Å². The van der Waals surface area contributed by atoms with Gasteiger partial charge in [-0.05, 0) is 6.92 Å². The van der Waals surface area contributed by atoms with Crippen LogP contribution in [0.15, 0.2) is 30.3 Å². The molecular weight excluding hydrogens is 207 g/mol. The first-order valence-electron chi connectivity index (χ1n) is 2.41. The summed E-state index contributed by atoms with van der Waals surface area (Å²) in [7, 11) is 0. The van der Waals surface area contributed by atoms with Gasteiger partial charge in [0.15, 0.2) is 0 Å². The third kappa shape index (κ3) is 6.15. The predicted molar refractivity (Wildman–Crippen MR) is 32.6 cm³/mol. The van der Waals surface area contributed by atoms with Crippen LogP contribution in [0, 0.1) is 6.92 Å². The van der Waals surface area contributed by atoms with E-state index in [-0.39, 0.29) is 37.2 Å². The molecule has 0 unspecified atom stereocenters. The van der Waals surface area contributed by atoms with Gasteiger partial charge in [0.1, 0.15) is 0 Å². The molecule has 0 atom stereocenters. The van der Waals surface area contributed by atoms with Crippen molar-refractivity contribution >= 4 is 0 Å². The van der Waals surface area contributed by atoms with Crippen molar-refractivity contribution in [1.29, 1.82) is 0 Å². The molecule has 0 fully saturated rings. The molecule has 0 heterocycles. The summed E-state index contributed by atoms with van der Waals surface area (Å²) < 4.78 is 0. The molecule has 0 bridgehead atoms. The van der Waals surface area contributed by atoms with E-state index in [0.29, 0.717) is 0 Å². The smallest absolute Gasteiger partial charge is 2.00 e. The molecule has 0 radical (unpaired) electrons. The Labute approximate surface area is 80.0 Å². The van der Waals surface area contributed by atoms with Crippen LogP contribution in [0.1, 0.15) is 5.56 Å². The van der Waals surface area contributed by atoms with Crippen molar-refractivity contribution in [1.82, 2.24) is 0 Å². The second kappa shape index (κ2) is 9.02. The Morgan fingerprint density at radius 1 is 0.900 bits per heavy atom. The zero-order valence-corrected chi connectivity index (χ0v) is 8.16. The van der Waals surface area contributed by atoms with Gasteiger partial charge in [-0.3, -0.25) is 0 Å². The van der Waals surface area contributed by atoms with E-state index < -0.39 is 0 Å². The molecule has 2 nitrogen and oxygen atoms in total. The van der Waals surface area contributed by atoms with Gasteiger partial charge in [0, 0.05) is 0 Å². The van der Waals surface area contributed by atoms with Crippen LogP contribution < -0.4 is 0 Å². The fourth-order valence-corrected chi connectivity index (χ4v) is 0.534. The molecule has 0 N–H and O–H groups in total. The van der Waals surface area contributed by atoms with E-state index in [1.807, 2.05) is 18.2 Å². The quantitative estimate of drug-likeness (QED) is 0.633. The maximum Gasteiger partial charge on any atom is 4.00 e. The third-order valence-electron chi connectivity index (χ3n) is 0.940. The van der Waals surface area contributed by atoms with Crippen LogP contribution in [0.3, 0.4) is 0 Å². The molecule has 0 aromatic heterocycles. The Morgan fingerprint density at radius 2 is 1.30 bits per heavy atom. The SMILES string of the molecule is Cc1ccccc1.[O-2].[O-2].[Zr+4]. The first-order chi connectivity index (χ1) is 3.39. The molecule has 1 rings (SSSR count). The second-order valence-electron chi connectivity index (χ2n) is 1.65. The van der Waals surface area contributed by atoms with Crippen molar-refractivity contribution in [2.24, 2.45) is 0 Å². The fraction of sp³-hybridized carbons (Fsp3) is 0.143. The van der Waals surface area contributed by atoms with E-state index in [9.17, 15) is 0 Å². The minimum absolute atomic E-state index is 0. The average Bonchev–Trinajstić information content (AvgIpc) is 1.69. The number of rotatable bonds is 0. The van der Waals surface area contributed by atoms with Gasteiger partial charge in [-0.2, -0.15) is 0 Å². The molecule has 0 aliphatic rings. The van der Waals surface area contributed by atoms with Crippen LogP contribution in [0.5, 0.6) is 0 Å². The number of benzene rings is 1.